The Labute approximate surface area is 384 Å². The van der Waals surface area contributed by atoms with Crippen LogP contribution in [0.1, 0.15) is 81.2 Å². The quantitative estimate of drug-likeness (QED) is 0.0155. The van der Waals surface area contributed by atoms with Gasteiger partial charge >= 0.3 is 38.4 Å². The molecule has 0 aliphatic carbocycles. The van der Waals surface area contributed by atoms with E-state index in [4.69, 9.17) is 32.9 Å². The van der Waals surface area contributed by atoms with Gasteiger partial charge < -0.3 is 43.9 Å². The predicted octanol–water partition coefficient (Wildman–Crippen LogP) is 7.33. The number of amides is 3. The molecule has 22 heteroatoms. The largest absolute Gasteiger partial charge is 0.574 e. The number of hydrogen-bond donors (Lipinski definition) is 4. The van der Waals surface area contributed by atoms with Crippen LogP contribution in [-0.2, 0) is 39.9 Å². The fraction of sp³-hybridized carbons (Fsp3) is 0.477. The van der Waals surface area contributed by atoms with Crippen LogP contribution in [0.15, 0.2) is 83.7 Å². The molecule has 21 nitrogen and oxygen atoms in total. The van der Waals surface area contributed by atoms with E-state index in [0.29, 0.717) is 11.5 Å². The van der Waals surface area contributed by atoms with Crippen LogP contribution in [0.4, 0.5) is 20.1 Å². The van der Waals surface area contributed by atoms with Gasteiger partial charge in [-0.05, 0) is 95.8 Å². The minimum absolute atomic E-state index is 0.0230. The third-order valence-corrected chi connectivity index (χ3v) is 9.56. The molecule has 360 valence electrons. The van der Waals surface area contributed by atoms with E-state index in [9.17, 15) is 39.0 Å². The molecule has 0 aromatic heterocycles. The monoisotopic (exact) mass is 942 g/mol. The van der Waals surface area contributed by atoms with Gasteiger partial charge in [-0.3, -0.25) is 20.0 Å². The summed E-state index contributed by atoms with van der Waals surface area (Å²) in [6, 6.07) is 19.0. The van der Waals surface area contributed by atoms with E-state index in [1.807, 2.05) is 6.07 Å². The molecule has 0 heterocycles. The Morgan fingerprint density at radius 3 is 1.85 bits per heavy atom. The number of hydrogen-bond acceptors (Lipinski definition) is 16. The van der Waals surface area contributed by atoms with E-state index in [0.717, 1.165) is 5.56 Å². The molecule has 0 fully saturated rings. The highest BCUT2D eigenvalue weighted by molar-refractivity contribution is 7.33. The Morgan fingerprint density at radius 1 is 0.727 bits per heavy atom. The van der Waals surface area contributed by atoms with E-state index in [1.54, 1.807) is 79.7 Å². The minimum Gasteiger partial charge on any atom is -0.574 e. The summed E-state index contributed by atoms with van der Waals surface area (Å²) in [5, 5.41) is 18.3. The average molecular weight is 943 g/mol. The number of nitro groups is 1. The number of benzene rings is 3. The first-order chi connectivity index (χ1) is 30.8. The number of carbonyl (C=O) groups excluding carboxylic acids is 5. The Morgan fingerprint density at radius 2 is 1.29 bits per heavy atom. The van der Waals surface area contributed by atoms with Gasteiger partial charge in [0.1, 0.15) is 42.0 Å². The Kier molecular flexibility index (Phi) is 19.6. The Balaban J connectivity index is 1.85. The number of rotatable bonds is 21. The lowest BCUT2D eigenvalue weighted by Crippen LogP contribution is -2.68. The number of alkyl carbamates (subject to hydrolysis) is 3. The van der Waals surface area contributed by atoms with Crippen molar-refractivity contribution in [3.8, 4) is 17.2 Å². The second-order valence-electron chi connectivity index (χ2n) is 17.5. The maximum Gasteiger partial charge on any atom is 0.412 e. The molecule has 66 heavy (non-hydrogen) atoms. The maximum absolute atomic E-state index is 14.4. The molecule has 3 rings (SSSR count). The SMILES string of the molecule is CC(C)[C@H](NC(=O)OC(C)(C)C)C(=O)O[C@](NC(=O)OC(C)(C)C)(C(=O)OCCNC(=O)OCc1ccccc1)C(C)(C)CCN/N=[P+](\[O-])Oc1ccc(Oc2ccc([N+](=O)[O-])cc2)cc1. The zero-order valence-electron chi connectivity index (χ0n) is 38.7. The third kappa shape index (κ3) is 18.1. The summed E-state index contributed by atoms with van der Waals surface area (Å²) in [6.07, 6.45) is -3.09. The van der Waals surface area contributed by atoms with Crippen molar-refractivity contribution in [2.45, 2.75) is 105 Å². The van der Waals surface area contributed by atoms with E-state index >= 15 is 0 Å². The second kappa shape index (κ2) is 24.1. The van der Waals surface area contributed by atoms with E-state index in [1.165, 1.54) is 62.4 Å². The van der Waals surface area contributed by atoms with Gasteiger partial charge in [0.2, 0.25) is 0 Å². The van der Waals surface area contributed by atoms with Crippen molar-refractivity contribution in [3.63, 3.8) is 0 Å². The molecule has 0 saturated carbocycles. The molecule has 3 aromatic carbocycles. The van der Waals surface area contributed by atoms with E-state index < -0.39 is 84.2 Å². The standard InChI is InChI=1S/C44H59N6O15P/c1-29(2)35(47-39(54)63-41(3,4)5)36(51)62-44(48-40(55)64-42(6,7)8,37(52)59-27-26-45-38(53)60-28-30-14-12-11-13-15-30)43(9,10)24-25-46-49-66(58)65-34-22-20-33(21-23-34)61-32-18-16-31(17-19-32)50(56)57/h11-23,29,35,46H,24-28H2,1-10H3,(H,45,53)(H,47,54)(H,48,55)/t35-,44+/m0/s1. The summed E-state index contributed by atoms with van der Waals surface area (Å²) in [5.41, 5.74) is -3.08. The van der Waals surface area contributed by atoms with Crippen LogP contribution in [0, 0.1) is 21.4 Å². The average Bonchev–Trinajstić information content (AvgIpc) is 3.21. The first-order valence-corrected chi connectivity index (χ1v) is 21.9. The van der Waals surface area contributed by atoms with E-state index in [2.05, 4.69) is 26.2 Å². The lowest BCUT2D eigenvalue weighted by atomic mass is 9.77. The molecular weight excluding hydrogens is 883 g/mol. The minimum atomic E-state index is -2.73. The van der Waals surface area contributed by atoms with Crippen molar-refractivity contribution >= 4 is 44.1 Å². The predicted molar refractivity (Wildman–Crippen MR) is 238 cm³/mol. The van der Waals surface area contributed by atoms with E-state index in [-0.39, 0.29) is 37.6 Å². The first kappa shape index (κ1) is 53.8. The van der Waals surface area contributed by atoms with Gasteiger partial charge in [0.25, 0.3) is 11.4 Å². The van der Waals surface area contributed by atoms with Crippen molar-refractivity contribution < 1.29 is 66.7 Å². The zero-order chi connectivity index (χ0) is 49.3. The van der Waals surface area contributed by atoms with Crippen LogP contribution in [0.3, 0.4) is 0 Å². The lowest BCUT2D eigenvalue weighted by molar-refractivity contribution is -0.384. The van der Waals surface area contributed by atoms with Gasteiger partial charge in [0, 0.05) is 28.9 Å². The van der Waals surface area contributed by atoms with Crippen molar-refractivity contribution in [2.75, 3.05) is 19.7 Å². The van der Waals surface area contributed by atoms with Crippen molar-refractivity contribution in [2.24, 2.45) is 16.2 Å². The van der Waals surface area contributed by atoms with Crippen LogP contribution < -0.4 is 35.5 Å². The molecule has 0 aliphatic rings. The fourth-order valence-electron chi connectivity index (χ4n) is 5.57. The van der Waals surface area contributed by atoms with Gasteiger partial charge in [-0.1, -0.05) is 58.0 Å². The van der Waals surface area contributed by atoms with Gasteiger partial charge in [0.05, 0.1) is 11.5 Å². The fourth-order valence-corrected chi connectivity index (χ4v) is 6.13. The van der Waals surface area contributed by atoms with Crippen LogP contribution in [0.2, 0.25) is 0 Å². The summed E-state index contributed by atoms with van der Waals surface area (Å²) in [5.74, 6) is -2.20. The number of nitrogens with zero attached hydrogens (tertiary/aromatic N) is 2. The molecule has 0 bridgehead atoms. The van der Waals surface area contributed by atoms with Crippen molar-refractivity contribution in [1.82, 2.24) is 21.4 Å². The van der Waals surface area contributed by atoms with Gasteiger partial charge in [-0.2, -0.15) is 5.43 Å². The molecule has 4 N–H and O–H groups in total. The molecular formula is C44H59N6O15P. The summed E-state index contributed by atoms with van der Waals surface area (Å²) in [6.45, 7) is 14.9. The molecule has 0 aliphatic heterocycles. The van der Waals surface area contributed by atoms with Gasteiger partial charge in [-0.15, -0.1) is 0 Å². The Bertz CT molecular complexity index is 2140. The number of ether oxygens (including phenoxy) is 6. The summed E-state index contributed by atoms with van der Waals surface area (Å²) >= 11 is 0. The van der Waals surface area contributed by atoms with Crippen LogP contribution in [0.5, 0.6) is 17.2 Å². The highest BCUT2D eigenvalue weighted by Crippen LogP contribution is 2.38. The highest BCUT2D eigenvalue weighted by Gasteiger charge is 2.59. The number of nitrogens with one attached hydrogen (secondary N) is 4. The summed E-state index contributed by atoms with van der Waals surface area (Å²) in [4.78, 5) is 94.6. The number of non-ortho nitro benzene ring substituents is 1. The number of esters is 2. The highest BCUT2D eigenvalue weighted by atomic mass is 31.1. The maximum atomic E-state index is 14.4. The molecule has 3 amide bonds. The Hall–Kier alpha value is -6.57. The molecule has 3 aromatic rings. The van der Waals surface area contributed by atoms with Crippen molar-refractivity contribution in [3.05, 3.63) is 94.5 Å². The normalized spacial score (nSPS) is 13.2. The molecule has 0 saturated heterocycles. The van der Waals surface area contributed by atoms with Gasteiger partial charge in [0.15, 0.2) is 5.75 Å². The smallest absolute Gasteiger partial charge is 0.412 e. The second-order valence-corrected chi connectivity index (χ2v) is 18.4. The van der Waals surface area contributed by atoms with Crippen LogP contribution in [-0.4, -0.2) is 77.8 Å². The lowest BCUT2D eigenvalue weighted by Gasteiger charge is -2.44. The van der Waals surface area contributed by atoms with Gasteiger partial charge in [-0.25, -0.2) is 24.0 Å². The number of carbonyl (C=O) groups is 5. The van der Waals surface area contributed by atoms with Crippen LogP contribution in [0.25, 0.3) is 0 Å². The molecule has 0 radical (unpaired) electrons. The zero-order valence-corrected chi connectivity index (χ0v) is 39.6. The van der Waals surface area contributed by atoms with Crippen LogP contribution >= 0.6 is 8.17 Å². The topological polar surface area (TPSA) is 277 Å². The third-order valence-electron chi connectivity index (χ3n) is 8.89. The van der Waals surface area contributed by atoms with Crippen molar-refractivity contribution in [1.29, 1.82) is 0 Å². The number of nitro benzene ring substituents is 1. The molecule has 0 spiro atoms. The summed E-state index contributed by atoms with van der Waals surface area (Å²) < 4.78 is 38.8. The first-order valence-electron chi connectivity index (χ1n) is 20.8. The summed E-state index contributed by atoms with van der Waals surface area (Å²) in [7, 11) is -2.73. The molecule has 3 atom stereocenters. The molecule has 1 unspecified atom stereocenters.